The van der Waals surface area contributed by atoms with E-state index in [4.69, 9.17) is 4.74 Å². The Labute approximate surface area is 92.8 Å². The van der Waals surface area contributed by atoms with Crippen molar-refractivity contribution in [3.05, 3.63) is 28.0 Å². The van der Waals surface area contributed by atoms with Gasteiger partial charge in [0.15, 0.2) is 0 Å². The van der Waals surface area contributed by atoms with Gasteiger partial charge in [0.2, 0.25) is 0 Å². The molecule has 0 aromatic carbocycles. The Morgan fingerprint density at radius 3 is 3.00 bits per heavy atom. The third kappa shape index (κ3) is 2.21. The van der Waals surface area contributed by atoms with Crippen molar-refractivity contribution in [3.63, 3.8) is 0 Å². The second-order valence-corrected chi connectivity index (χ2v) is 4.87. The van der Waals surface area contributed by atoms with Crippen LogP contribution in [0.15, 0.2) is 17.5 Å². The summed E-state index contributed by atoms with van der Waals surface area (Å²) >= 11 is 1.69. The number of carbonyl (C=O) groups excluding carboxylic acids is 1. The van der Waals surface area contributed by atoms with Crippen LogP contribution in [0.3, 0.4) is 0 Å². The van der Waals surface area contributed by atoms with Gasteiger partial charge in [-0.15, -0.1) is 11.3 Å². The van der Waals surface area contributed by atoms with Gasteiger partial charge in [0.25, 0.3) is 0 Å². The molecule has 15 heavy (non-hydrogen) atoms. The smallest absolute Gasteiger partial charge is 0.408 e. The third-order valence-corrected chi connectivity index (χ3v) is 3.38. The summed E-state index contributed by atoms with van der Waals surface area (Å²) in [7, 11) is 0. The van der Waals surface area contributed by atoms with Gasteiger partial charge in [-0.3, -0.25) is 0 Å². The molecule has 3 nitrogen and oxygen atoms in total. The summed E-state index contributed by atoms with van der Waals surface area (Å²) in [6.45, 7) is 4.41. The van der Waals surface area contributed by atoms with Gasteiger partial charge in [0.05, 0.1) is 5.54 Å². The number of hydrogen-bond acceptors (Lipinski definition) is 3. The molecule has 0 radical (unpaired) electrons. The number of ether oxygens (including phenoxy) is 1. The van der Waals surface area contributed by atoms with Crippen molar-refractivity contribution in [2.24, 2.45) is 0 Å². The fourth-order valence-electron chi connectivity index (χ4n) is 1.43. The van der Waals surface area contributed by atoms with Gasteiger partial charge in [-0.25, -0.2) is 4.79 Å². The van der Waals surface area contributed by atoms with Crippen molar-refractivity contribution in [1.29, 1.82) is 0 Å². The standard InChI is InChI=1S/C11H13NO2S/c1-8-4-6-15-9(8)3-5-11(2)7-14-10(13)12-11/h3-6H,7H2,1-2H3,(H,12,13)/b5-3+/t11-/m1/s1. The molecule has 0 aliphatic carbocycles. The van der Waals surface area contributed by atoms with Gasteiger partial charge in [-0.1, -0.05) is 6.08 Å². The maximum Gasteiger partial charge on any atom is 0.408 e. The summed E-state index contributed by atoms with van der Waals surface area (Å²) in [4.78, 5) is 12.1. The minimum absolute atomic E-state index is 0.343. The van der Waals surface area contributed by atoms with Gasteiger partial charge < -0.3 is 10.1 Å². The number of thiophene rings is 1. The van der Waals surface area contributed by atoms with Crippen molar-refractivity contribution in [2.75, 3.05) is 6.61 Å². The van der Waals surface area contributed by atoms with E-state index in [0.717, 1.165) is 0 Å². The molecule has 0 bridgehead atoms. The number of carbonyl (C=O) groups is 1. The maximum absolute atomic E-state index is 10.9. The highest BCUT2D eigenvalue weighted by molar-refractivity contribution is 7.11. The first-order valence-electron chi connectivity index (χ1n) is 4.77. The van der Waals surface area contributed by atoms with Crippen LogP contribution in [-0.2, 0) is 4.74 Å². The van der Waals surface area contributed by atoms with Crippen molar-refractivity contribution in [1.82, 2.24) is 5.32 Å². The highest BCUT2D eigenvalue weighted by atomic mass is 32.1. The molecule has 1 fully saturated rings. The van der Waals surface area contributed by atoms with E-state index in [2.05, 4.69) is 23.7 Å². The Morgan fingerprint density at radius 2 is 2.47 bits per heavy atom. The molecule has 0 saturated carbocycles. The van der Waals surface area contributed by atoms with Crippen LogP contribution in [0, 0.1) is 6.92 Å². The predicted molar refractivity (Wildman–Crippen MR) is 61.0 cm³/mol. The number of hydrogen-bond donors (Lipinski definition) is 1. The van der Waals surface area contributed by atoms with Crippen LogP contribution >= 0.6 is 11.3 Å². The van der Waals surface area contributed by atoms with Gasteiger partial charge in [0.1, 0.15) is 6.61 Å². The molecule has 4 heteroatoms. The Kier molecular flexibility index (Phi) is 2.52. The third-order valence-electron chi connectivity index (χ3n) is 2.39. The van der Waals surface area contributed by atoms with Gasteiger partial charge in [-0.05, 0) is 36.9 Å². The first kappa shape index (κ1) is 10.2. The van der Waals surface area contributed by atoms with Gasteiger partial charge in [-0.2, -0.15) is 0 Å². The monoisotopic (exact) mass is 223 g/mol. The fourth-order valence-corrected chi connectivity index (χ4v) is 2.24. The maximum atomic E-state index is 10.9. The van der Waals surface area contributed by atoms with E-state index in [-0.39, 0.29) is 11.6 Å². The van der Waals surface area contributed by atoms with Crippen LogP contribution in [0.2, 0.25) is 0 Å². The molecule has 1 atom stereocenters. The fraction of sp³-hybridized carbons (Fsp3) is 0.364. The van der Waals surface area contributed by atoms with Crippen molar-refractivity contribution in [2.45, 2.75) is 19.4 Å². The largest absolute Gasteiger partial charge is 0.447 e. The lowest BCUT2D eigenvalue weighted by Gasteiger charge is -2.14. The van der Waals surface area contributed by atoms with E-state index in [1.807, 2.05) is 19.1 Å². The Bertz CT molecular complexity index is 410. The highest BCUT2D eigenvalue weighted by Crippen LogP contribution is 2.20. The minimum Gasteiger partial charge on any atom is -0.447 e. The molecule has 1 amide bonds. The van der Waals surface area contributed by atoms with Crippen molar-refractivity contribution in [3.8, 4) is 0 Å². The van der Waals surface area contributed by atoms with E-state index in [1.165, 1.54) is 10.4 Å². The summed E-state index contributed by atoms with van der Waals surface area (Å²) in [6, 6.07) is 2.08. The van der Waals surface area contributed by atoms with Crippen molar-refractivity contribution >= 4 is 23.5 Å². The van der Waals surface area contributed by atoms with Crippen LogP contribution in [0.5, 0.6) is 0 Å². The molecule has 1 aliphatic heterocycles. The molecular weight excluding hydrogens is 210 g/mol. The molecule has 1 saturated heterocycles. The Balaban J connectivity index is 2.12. The number of nitrogens with one attached hydrogen (secondary N) is 1. The first-order valence-corrected chi connectivity index (χ1v) is 5.65. The van der Waals surface area contributed by atoms with E-state index in [9.17, 15) is 4.79 Å². The first-order chi connectivity index (χ1) is 7.09. The minimum atomic E-state index is -0.368. The number of alkyl carbamates (subject to hydrolysis) is 1. The molecule has 2 rings (SSSR count). The van der Waals surface area contributed by atoms with Crippen molar-refractivity contribution < 1.29 is 9.53 Å². The average Bonchev–Trinajstić information content (AvgIpc) is 2.71. The molecule has 80 valence electrons. The summed E-state index contributed by atoms with van der Waals surface area (Å²) in [5.41, 5.74) is 0.887. The van der Waals surface area contributed by atoms with E-state index >= 15 is 0 Å². The molecule has 1 N–H and O–H groups in total. The molecular formula is C11H13NO2S. The molecule has 1 aromatic heterocycles. The van der Waals surface area contributed by atoms with Crippen LogP contribution < -0.4 is 5.32 Å². The Morgan fingerprint density at radius 1 is 1.67 bits per heavy atom. The second-order valence-electron chi connectivity index (χ2n) is 3.92. The van der Waals surface area contributed by atoms with Crippen LogP contribution in [0.4, 0.5) is 4.79 Å². The highest BCUT2D eigenvalue weighted by Gasteiger charge is 2.32. The Hall–Kier alpha value is -1.29. The topological polar surface area (TPSA) is 38.3 Å². The summed E-state index contributed by atoms with van der Waals surface area (Å²) in [6.07, 6.45) is 3.68. The summed E-state index contributed by atoms with van der Waals surface area (Å²) < 4.78 is 4.87. The lowest BCUT2D eigenvalue weighted by molar-refractivity contribution is 0.175. The zero-order valence-electron chi connectivity index (χ0n) is 8.74. The number of amides is 1. The zero-order chi connectivity index (χ0) is 10.9. The van der Waals surface area contributed by atoms with Gasteiger partial charge >= 0.3 is 6.09 Å². The summed E-state index contributed by atoms with van der Waals surface area (Å²) in [5.74, 6) is 0. The number of aryl methyl sites for hydroxylation is 1. The van der Waals surface area contributed by atoms with Crippen LogP contribution in [0.1, 0.15) is 17.4 Å². The molecule has 1 aliphatic rings. The summed E-state index contributed by atoms with van der Waals surface area (Å²) in [5, 5.41) is 4.83. The number of cyclic esters (lactones) is 1. The second kappa shape index (κ2) is 3.70. The van der Waals surface area contributed by atoms with Gasteiger partial charge in [0, 0.05) is 4.88 Å². The number of rotatable bonds is 2. The van der Waals surface area contributed by atoms with E-state index < -0.39 is 0 Å². The van der Waals surface area contributed by atoms with E-state index in [1.54, 1.807) is 11.3 Å². The van der Waals surface area contributed by atoms with Crippen LogP contribution in [-0.4, -0.2) is 18.2 Å². The normalized spacial score (nSPS) is 25.6. The quantitative estimate of drug-likeness (QED) is 0.836. The van der Waals surface area contributed by atoms with Crippen LogP contribution in [0.25, 0.3) is 6.08 Å². The molecule has 1 aromatic rings. The molecule has 2 heterocycles. The SMILES string of the molecule is Cc1ccsc1/C=C/[C@]1(C)COC(=O)N1. The average molecular weight is 223 g/mol. The molecule has 0 unspecified atom stereocenters. The predicted octanol–water partition coefficient (Wildman–Crippen LogP) is 2.57. The lowest BCUT2D eigenvalue weighted by atomic mass is 10.0. The lowest BCUT2D eigenvalue weighted by Crippen LogP contribution is -2.37. The van der Waals surface area contributed by atoms with E-state index in [0.29, 0.717) is 6.61 Å². The zero-order valence-corrected chi connectivity index (χ0v) is 9.56. The molecule has 0 spiro atoms.